The number of rotatable bonds is 5. The fourth-order valence-electron chi connectivity index (χ4n) is 1.70. The first-order valence-electron chi connectivity index (χ1n) is 6.02. The molecule has 1 aromatic rings. The third-order valence-corrected chi connectivity index (χ3v) is 2.76. The number of methoxy groups -OCH3 is 2. The number of ether oxygens (including phenoxy) is 2. The van der Waals surface area contributed by atoms with Gasteiger partial charge in [-0.25, -0.2) is 0 Å². The maximum absolute atomic E-state index is 12.1. The fraction of sp³-hybridized carbons (Fsp3) is 0.429. The number of benzene rings is 1. The number of nitrogens with one attached hydrogen (secondary N) is 1. The smallest absolute Gasteiger partial charge is 0.318 e. The second kappa shape index (κ2) is 6.78. The zero-order chi connectivity index (χ0) is 14.4. The number of anilines is 1. The van der Waals surface area contributed by atoms with Crippen molar-refractivity contribution in [3.05, 3.63) is 24.3 Å². The van der Waals surface area contributed by atoms with Gasteiger partial charge in [-0.3, -0.25) is 9.59 Å². The molecule has 1 atom stereocenters. The van der Waals surface area contributed by atoms with E-state index in [4.69, 9.17) is 4.74 Å². The third kappa shape index (κ3) is 3.98. The zero-order valence-electron chi connectivity index (χ0n) is 11.6. The Hall–Kier alpha value is -2.04. The van der Waals surface area contributed by atoms with Crippen molar-refractivity contribution in [1.29, 1.82) is 0 Å². The Balaban J connectivity index is 2.78. The van der Waals surface area contributed by atoms with E-state index in [1.54, 1.807) is 45.2 Å². The Morgan fingerprint density at radius 2 is 1.68 bits per heavy atom. The molecule has 1 aromatic carbocycles. The molecule has 0 radical (unpaired) electrons. The van der Waals surface area contributed by atoms with Crippen molar-refractivity contribution >= 4 is 17.6 Å². The lowest BCUT2D eigenvalue weighted by molar-refractivity contribution is -0.150. The summed E-state index contributed by atoms with van der Waals surface area (Å²) in [4.78, 5) is 23.6. The summed E-state index contributed by atoms with van der Waals surface area (Å²) in [6, 6.07) is 6.90. The molecule has 1 unspecified atom stereocenters. The Morgan fingerprint density at radius 3 is 2.11 bits per heavy atom. The van der Waals surface area contributed by atoms with E-state index in [0.717, 1.165) is 0 Å². The van der Waals surface area contributed by atoms with E-state index >= 15 is 0 Å². The van der Waals surface area contributed by atoms with Gasteiger partial charge in [-0.1, -0.05) is 13.8 Å². The molecule has 0 aromatic heterocycles. The standard InChI is InChI=1S/C14H19NO4/c1-9(2)12(14(17)19-4)13(16)15-10-5-7-11(18-3)8-6-10/h5-9,12H,1-4H3,(H,15,16). The summed E-state index contributed by atoms with van der Waals surface area (Å²) in [6.07, 6.45) is 0. The maximum Gasteiger partial charge on any atom is 0.318 e. The predicted molar refractivity (Wildman–Crippen MR) is 72.0 cm³/mol. The minimum atomic E-state index is -0.813. The van der Waals surface area contributed by atoms with Crippen molar-refractivity contribution in [2.75, 3.05) is 19.5 Å². The predicted octanol–water partition coefficient (Wildman–Crippen LogP) is 2.08. The highest BCUT2D eigenvalue weighted by Gasteiger charge is 2.30. The van der Waals surface area contributed by atoms with Gasteiger partial charge in [-0.15, -0.1) is 0 Å². The number of hydrogen-bond donors (Lipinski definition) is 1. The minimum Gasteiger partial charge on any atom is -0.497 e. The summed E-state index contributed by atoms with van der Waals surface area (Å²) in [5.41, 5.74) is 0.611. The lowest BCUT2D eigenvalue weighted by Gasteiger charge is -2.17. The van der Waals surface area contributed by atoms with Gasteiger partial charge in [-0.2, -0.15) is 0 Å². The highest BCUT2D eigenvalue weighted by Crippen LogP contribution is 2.18. The van der Waals surface area contributed by atoms with Gasteiger partial charge in [0.1, 0.15) is 11.7 Å². The van der Waals surface area contributed by atoms with Crippen molar-refractivity contribution in [2.45, 2.75) is 13.8 Å². The van der Waals surface area contributed by atoms with Gasteiger partial charge < -0.3 is 14.8 Å². The maximum atomic E-state index is 12.1. The van der Waals surface area contributed by atoms with Gasteiger partial charge in [0.15, 0.2) is 0 Å². The van der Waals surface area contributed by atoms with Crippen LogP contribution in [0.1, 0.15) is 13.8 Å². The van der Waals surface area contributed by atoms with Crippen LogP contribution in [0.25, 0.3) is 0 Å². The molecular formula is C14H19NO4. The molecular weight excluding hydrogens is 246 g/mol. The Morgan fingerprint density at radius 1 is 1.11 bits per heavy atom. The van der Waals surface area contributed by atoms with Gasteiger partial charge in [0.25, 0.3) is 0 Å². The summed E-state index contributed by atoms with van der Waals surface area (Å²) in [5.74, 6) is -1.14. The minimum absolute atomic E-state index is 0.134. The molecule has 0 aliphatic heterocycles. The van der Waals surface area contributed by atoms with Crippen molar-refractivity contribution in [2.24, 2.45) is 11.8 Å². The SMILES string of the molecule is COC(=O)C(C(=O)Nc1ccc(OC)cc1)C(C)C. The number of hydrogen-bond acceptors (Lipinski definition) is 4. The van der Waals surface area contributed by atoms with Crippen LogP contribution in [-0.4, -0.2) is 26.1 Å². The molecule has 5 nitrogen and oxygen atoms in total. The van der Waals surface area contributed by atoms with E-state index in [1.165, 1.54) is 7.11 Å². The van der Waals surface area contributed by atoms with E-state index in [9.17, 15) is 9.59 Å². The van der Waals surface area contributed by atoms with Gasteiger partial charge >= 0.3 is 5.97 Å². The van der Waals surface area contributed by atoms with Crippen LogP contribution in [0.4, 0.5) is 5.69 Å². The Bertz CT molecular complexity index is 439. The molecule has 0 fully saturated rings. The Labute approximate surface area is 112 Å². The molecule has 0 saturated heterocycles. The molecule has 1 rings (SSSR count). The second-order valence-electron chi connectivity index (χ2n) is 4.46. The summed E-state index contributed by atoms with van der Waals surface area (Å²) < 4.78 is 9.68. The number of esters is 1. The first kappa shape index (κ1) is 15.0. The first-order valence-corrected chi connectivity index (χ1v) is 6.02. The largest absolute Gasteiger partial charge is 0.497 e. The van der Waals surface area contributed by atoms with Gasteiger partial charge in [0, 0.05) is 5.69 Å². The molecule has 5 heteroatoms. The first-order chi connectivity index (χ1) is 8.99. The highest BCUT2D eigenvalue weighted by atomic mass is 16.5. The van der Waals surface area contributed by atoms with E-state index in [0.29, 0.717) is 11.4 Å². The summed E-state index contributed by atoms with van der Waals surface area (Å²) in [5, 5.41) is 2.69. The second-order valence-corrected chi connectivity index (χ2v) is 4.46. The average Bonchev–Trinajstić information content (AvgIpc) is 2.39. The van der Waals surface area contributed by atoms with Crippen molar-refractivity contribution in [3.63, 3.8) is 0 Å². The van der Waals surface area contributed by atoms with Crippen LogP contribution in [0.5, 0.6) is 5.75 Å². The summed E-state index contributed by atoms with van der Waals surface area (Å²) in [6.45, 7) is 3.60. The lowest BCUT2D eigenvalue weighted by atomic mass is 9.95. The molecule has 104 valence electrons. The van der Waals surface area contributed by atoms with E-state index in [1.807, 2.05) is 0 Å². The normalized spacial score (nSPS) is 11.8. The topological polar surface area (TPSA) is 64.6 Å². The molecule has 0 saturated carbocycles. The van der Waals surface area contributed by atoms with Gasteiger partial charge in [0.05, 0.1) is 14.2 Å². The third-order valence-electron chi connectivity index (χ3n) is 2.76. The molecule has 0 heterocycles. The summed E-state index contributed by atoms with van der Waals surface area (Å²) >= 11 is 0. The van der Waals surface area contributed by atoms with E-state index in [-0.39, 0.29) is 11.8 Å². The van der Waals surface area contributed by atoms with Gasteiger partial charge in [-0.05, 0) is 30.2 Å². The molecule has 0 bridgehead atoms. The molecule has 0 spiro atoms. The van der Waals surface area contributed by atoms with Crippen LogP contribution in [-0.2, 0) is 14.3 Å². The molecule has 1 amide bonds. The van der Waals surface area contributed by atoms with E-state index in [2.05, 4.69) is 10.1 Å². The van der Waals surface area contributed by atoms with Gasteiger partial charge in [0.2, 0.25) is 5.91 Å². The molecule has 0 aliphatic rings. The molecule has 1 N–H and O–H groups in total. The van der Waals surface area contributed by atoms with Crippen LogP contribution in [0.2, 0.25) is 0 Å². The molecule has 19 heavy (non-hydrogen) atoms. The zero-order valence-corrected chi connectivity index (χ0v) is 11.6. The van der Waals surface area contributed by atoms with Crippen molar-refractivity contribution < 1.29 is 19.1 Å². The van der Waals surface area contributed by atoms with Crippen LogP contribution >= 0.6 is 0 Å². The summed E-state index contributed by atoms with van der Waals surface area (Å²) in [7, 11) is 2.85. The average molecular weight is 265 g/mol. The number of carbonyl (C=O) groups excluding carboxylic acids is 2. The Kier molecular flexibility index (Phi) is 5.36. The van der Waals surface area contributed by atoms with Crippen LogP contribution < -0.4 is 10.1 Å². The quantitative estimate of drug-likeness (QED) is 0.654. The fourth-order valence-corrected chi connectivity index (χ4v) is 1.70. The van der Waals surface area contributed by atoms with E-state index < -0.39 is 11.9 Å². The van der Waals surface area contributed by atoms with Crippen molar-refractivity contribution in [3.8, 4) is 5.75 Å². The van der Waals surface area contributed by atoms with Crippen molar-refractivity contribution in [1.82, 2.24) is 0 Å². The molecule has 0 aliphatic carbocycles. The number of carbonyl (C=O) groups is 2. The van der Waals surface area contributed by atoms with Crippen LogP contribution in [0.15, 0.2) is 24.3 Å². The monoisotopic (exact) mass is 265 g/mol. The highest BCUT2D eigenvalue weighted by molar-refractivity contribution is 6.04. The number of amides is 1. The lowest BCUT2D eigenvalue weighted by Crippen LogP contribution is -2.34. The van der Waals surface area contributed by atoms with Crippen LogP contribution in [0, 0.1) is 11.8 Å². The van der Waals surface area contributed by atoms with Crippen LogP contribution in [0.3, 0.4) is 0 Å².